The Morgan fingerprint density at radius 1 is 1.56 bits per heavy atom. The van der Waals surface area contributed by atoms with Crippen LogP contribution >= 0.6 is 11.8 Å². The fourth-order valence-electron chi connectivity index (χ4n) is 1.44. The van der Waals surface area contributed by atoms with Crippen LogP contribution in [0.5, 0.6) is 0 Å². The van der Waals surface area contributed by atoms with Crippen molar-refractivity contribution in [3.63, 3.8) is 0 Å². The SMILES string of the molecule is N#Cc1cccc(/C=C/C(=O)NC2=NCCS2)c1. The Morgan fingerprint density at radius 2 is 2.44 bits per heavy atom. The highest BCUT2D eigenvalue weighted by Gasteiger charge is 2.08. The lowest BCUT2D eigenvalue weighted by Crippen LogP contribution is -2.25. The topological polar surface area (TPSA) is 65.2 Å². The van der Waals surface area contributed by atoms with Gasteiger partial charge in [-0.3, -0.25) is 9.79 Å². The first-order chi connectivity index (χ1) is 8.78. The Bertz CT molecular complexity index is 558. The molecule has 1 amide bonds. The van der Waals surface area contributed by atoms with Gasteiger partial charge in [-0.25, -0.2) is 0 Å². The fraction of sp³-hybridized carbons (Fsp3) is 0.154. The van der Waals surface area contributed by atoms with Crippen molar-refractivity contribution in [2.75, 3.05) is 12.3 Å². The van der Waals surface area contributed by atoms with Crippen molar-refractivity contribution in [1.29, 1.82) is 5.26 Å². The van der Waals surface area contributed by atoms with Crippen molar-refractivity contribution < 1.29 is 4.79 Å². The number of aliphatic imine (C=N–C) groups is 1. The van der Waals surface area contributed by atoms with Crippen molar-refractivity contribution in [3.8, 4) is 6.07 Å². The van der Waals surface area contributed by atoms with E-state index >= 15 is 0 Å². The molecule has 0 spiro atoms. The van der Waals surface area contributed by atoms with Gasteiger partial charge < -0.3 is 5.32 Å². The van der Waals surface area contributed by atoms with Crippen LogP contribution in [0.4, 0.5) is 0 Å². The van der Waals surface area contributed by atoms with Crippen molar-refractivity contribution in [2.24, 2.45) is 4.99 Å². The summed E-state index contributed by atoms with van der Waals surface area (Å²) in [5.41, 5.74) is 1.40. The molecule has 0 saturated heterocycles. The number of hydrogen-bond donors (Lipinski definition) is 1. The van der Waals surface area contributed by atoms with E-state index in [0.29, 0.717) is 10.7 Å². The predicted molar refractivity (Wildman–Crippen MR) is 73.1 cm³/mol. The maximum Gasteiger partial charge on any atom is 0.249 e. The van der Waals surface area contributed by atoms with Crippen LogP contribution in [0.2, 0.25) is 0 Å². The second-order valence-electron chi connectivity index (χ2n) is 3.60. The van der Waals surface area contributed by atoms with Crippen LogP contribution in [0.15, 0.2) is 35.3 Å². The zero-order valence-electron chi connectivity index (χ0n) is 9.59. The molecule has 1 aromatic carbocycles. The summed E-state index contributed by atoms with van der Waals surface area (Å²) < 4.78 is 0. The summed E-state index contributed by atoms with van der Waals surface area (Å²) in [5, 5.41) is 12.1. The van der Waals surface area contributed by atoms with Crippen LogP contribution in [0.25, 0.3) is 6.08 Å². The number of carbonyl (C=O) groups is 1. The van der Waals surface area contributed by atoms with Crippen LogP contribution in [0.3, 0.4) is 0 Å². The molecular formula is C13H11N3OS. The second kappa shape index (κ2) is 6.03. The fourth-order valence-corrected chi connectivity index (χ4v) is 2.17. The van der Waals surface area contributed by atoms with Crippen LogP contribution in [-0.2, 0) is 4.79 Å². The van der Waals surface area contributed by atoms with E-state index in [0.717, 1.165) is 17.9 Å². The Hall–Kier alpha value is -2.06. The van der Waals surface area contributed by atoms with Gasteiger partial charge in [0.1, 0.15) is 0 Å². The summed E-state index contributed by atoms with van der Waals surface area (Å²) >= 11 is 1.54. The van der Waals surface area contributed by atoms with Crippen molar-refractivity contribution in [1.82, 2.24) is 5.32 Å². The number of thioether (sulfide) groups is 1. The molecule has 1 aliphatic rings. The minimum absolute atomic E-state index is 0.203. The van der Waals surface area contributed by atoms with E-state index in [-0.39, 0.29) is 5.91 Å². The number of hydrogen-bond acceptors (Lipinski definition) is 4. The number of rotatable bonds is 2. The van der Waals surface area contributed by atoms with Crippen molar-refractivity contribution >= 4 is 28.9 Å². The number of nitrogens with one attached hydrogen (secondary N) is 1. The number of amidine groups is 1. The summed E-state index contributed by atoms with van der Waals surface area (Å²) in [7, 11) is 0. The monoisotopic (exact) mass is 257 g/mol. The Labute approximate surface area is 109 Å². The molecule has 0 bridgehead atoms. The minimum atomic E-state index is -0.203. The summed E-state index contributed by atoms with van der Waals surface area (Å²) in [5.74, 6) is 0.717. The third-order valence-electron chi connectivity index (χ3n) is 2.26. The van der Waals surface area contributed by atoms with E-state index in [1.165, 1.54) is 17.8 Å². The number of nitrogens with zero attached hydrogens (tertiary/aromatic N) is 2. The third-order valence-corrected chi connectivity index (χ3v) is 3.15. The summed E-state index contributed by atoms with van der Waals surface area (Å²) in [6, 6.07) is 9.13. The molecule has 0 aromatic heterocycles. The summed E-state index contributed by atoms with van der Waals surface area (Å²) in [6.45, 7) is 0.758. The normalized spacial score (nSPS) is 14.3. The zero-order valence-corrected chi connectivity index (χ0v) is 10.4. The first-order valence-electron chi connectivity index (χ1n) is 5.44. The molecule has 1 N–H and O–H groups in total. The minimum Gasteiger partial charge on any atom is -0.302 e. The van der Waals surface area contributed by atoms with Gasteiger partial charge in [0.25, 0.3) is 0 Å². The van der Waals surface area contributed by atoms with E-state index < -0.39 is 0 Å². The molecule has 1 aliphatic heterocycles. The Balaban J connectivity index is 1.97. The molecule has 0 saturated carbocycles. The number of benzene rings is 1. The van der Waals surface area contributed by atoms with E-state index in [9.17, 15) is 4.79 Å². The summed E-state index contributed by atoms with van der Waals surface area (Å²) in [6.07, 6.45) is 3.12. The quantitative estimate of drug-likeness (QED) is 0.821. The molecule has 0 atom stereocenters. The average Bonchev–Trinajstić information content (AvgIpc) is 2.89. The lowest BCUT2D eigenvalue weighted by atomic mass is 10.1. The van der Waals surface area contributed by atoms with Gasteiger partial charge in [-0.15, -0.1) is 0 Å². The smallest absolute Gasteiger partial charge is 0.249 e. The molecule has 4 nitrogen and oxygen atoms in total. The molecule has 1 heterocycles. The highest BCUT2D eigenvalue weighted by molar-refractivity contribution is 8.14. The van der Waals surface area contributed by atoms with Gasteiger partial charge in [0.15, 0.2) is 5.17 Å². The summed E-state index contributed by atoms with van der Waals surface area (Å²) in [4.78, 5) is 15.7. The molecule has 1 aromatic rings. The predicted octanol–water partition coefficient (Wildman–Crippen LogP) is 1.79. The van der Waals surface area contributed by atoms with Crippen LogP contribution < -0.4 is 5.32 Å². The molecule has 0 unspecified atom stereocenters. The van der Waals surface area contributed by atoms with Crippen molar-refractivity contribution in [2.45, 2.75) is 0 Å². The molecule has 90 valence electrons. The van der Waals surface area contributed by atoms with Gasteiger partial charge in [0.2, 0.25) is 5.91 Å². The van der Waals surface area contributed by atoms with Gasteiger partial charge in [-0.2, -0.15) is 5.26 Å². The van der Waals surface area contributed by atoms with E-state index in [4.69, 9.17) is 5.26 Å². The lowest BCUT2D eigenvalue weighted by Gasteiger charge is -1.99. The first-order valence-corrected chi connectivity index (χ1v) is 6.43. The molecule has 18 heavy (non-hydrogen) atoms. The number of carbonyl (C=O) groups excluding carboxylic acids is 1. The first kappa shape index (κ1) is 12.4. The van der Waals surface area contributed by atoms with Crippen LogP contribution in [-0.4, -0.2) is 23.4 Å². The van der Waals surface area contributed by atoms with Gasteiger partial charge in [-0.1, -0.05) is 23.9 Å². The van der Waals surface area contributed by atoms with Crippen LogP contribution in [0, 0.1) is 11.3 Å². The van der Waals surface area contributed by atoms with Gasteiger partial charge >= 0.3 is 0 Å². The average molecular weight is 257 g/mol. The lowest BCUT2D eigenvalue weighted by molar-refractivity contribution is -0.115. The Kier molecular flexibility index (Phi) is 4.15. The van der Waals surface area contributed by atoms with Gasteiger partial charge in [0.05, 0.1) is 18.2 Å². The van der Waals surface area contributed by atoms with E-state index in [2.05, 4.69) is 16.4 Å². The number of nitriles is 1. The largest absolute Gasteiger partial charge is 0.302 e. The van der Waals surface area contributed by atoms with Crippen LogP contribution in [0.1, 0.15) is 11.1 Å². The molecule has 0 radical (unpaired) electrons. The van der Waals surface area contributed by atoms with Gasteiger partial charge in [0, 0.05) is 11.8 Å². The van der Waals surface area contributed by atoms with Gasteiger partial charge in [-0.05, 0) is 23.8 Å². The van der Waals surface area contributed by atoms with Crippen molar-refractivity contribution in [3.05, 3.63) is 41.5 Å². The standard InChI is InChI=1S/C13H11N3OS/c14-9-11-3-1-2-10(8-11)4-5-12(17)16-13-15-6-7-18-13/h1-5,8H,6-7H2,(H,15,16,17)/b5-4+. The molecule has 2 rings (SSSR count). The van der Waals surface area contributed by atoms with E-state index in [1.54, 1.807) is 24.3 Å². The zero-order chi connectivity index (χ0) is 12.8. The maximum atomic E-state index is 11.6. The molecule has 5 heteroatoms. The molecule has 0 fully saturated rings. The highest BCUT2D eigenvalue weighted by Crippen LogP contribution is 2.09. The molecule has 0 aliphatic carbocycles. The second-order valence-corrected chi connectivity index (χ2v) is 4.68. The highest BCUT2D eigenvalue weighted by atomic mass is 32.2. The molecular weight excluding hydrogens is 246 g/mol. The Morgan fingerprint density at radius 3 is 3.17 bits per heavy atom. The third kappa shape index (κ3) is 3.47. The van der Waals surface area contributed by atoms with E-state index in [1.807, 2.05) is 6.07 Å². The number of amides is 1. The maximum absolute atomic E-state index is 11.6.